The van der Waals surface area contributed by atoms with Gasteiger partial charge in [-0.05, 0) is 79.7 Å². The van der Waals surface area contributed by atoms with Gasteiger partial charge in [0.1, 0.15) is 19.6 Å². The number of hydrogen-bond donors (Lipinski definition) is 0. The molecule has 2 rings (SSSR count). The molecule has 0 aliphatic carbocycles. The molecule has 0 fully saturated rings. The zero-order valence-electron chi connectivity index (χ0n) is 23.9. The van der Waals surface area contributed by atoms with Crippen LogP contribution in [-0.4, -0.2) is 58.1 Å². The highest BCUT2D eigenvalue weighted by molar-refractivity contribution is 7.88. The van der Waals surface area contributed by atoms with Crippen molar-refractivity contribution >= 4 is 63.7 Å². The van der Waals surface area contributed by atoms with Crippen LogP contribution < -0.4 is 0 Å². The van der Waals surface area contributed by atoms with E-state index in [1.165, 1.54) is 55.4 Å². The number of hydrogen-bond acceptors (Lipinski definition) is 12. The second-order valence-electron chi connectivity index (χ2n) is 9.95. The van der Waals surface area contributed by atoms with Gasteiger partial charge in [0.25, 0.3) is 40.5 Å². The van der Waals surface area contributed by atoms with E-state index in [4.69, 9.17) is 39.9 Å². The number of benzene rings is 2. The van der Waals surface area contributed by atoms with Gasteiger partial charge < -0.3 is 0 Å². The Labute approximate surface area is 257 Å². The van der Waals surface area contributed by atoms with Crippen molar-refractivity contribution in [3.63, 3.8) is 0 Å². The van der Waals surface area contributed by atoms with Crippen molar-refractivity contribution in [2.75, 3.05) is 0 Å². The molecule has 0 radical (unpaired) electrons. The molecule has 0 spiro atoms. The lowest BCUT2D eigenvalue weighted by molar-refractivity contribution is 0.245. The summed E-state index contributed by atoms with van der Waals surface area (Å²) in [6.07, 6.45) is -3.95. The van der Waals surface area contributed by atoms with Gasteiger partial charge in [-0.3, -0.25) is 16.7 Å². The minimum absolute atomic E-state index is 0.435. The molecule has 0 saturated heterocycles. The monoisotopic (exact) mass is 710 g/mol. The Kier molecular flexibility index (Phi) is 11.7. The fraction of sp³-hybridized carbons (Fsp3) is 0.500. The first kappa shape index (κ1) is 36.8. The first-order valence-electron chi connectivity index (χ1n) is 12.3. The smallest absolute Gasteiger partial charge is 0.264 e. The minimum Gasteiger partial charge on any atom is -0.264 e. The van der Waals surface area contributed by atoms with Crippen LogP contribution in [0.1, 0.15) is 55.4 Å². The van der Waals surface area contributed by atoms with Gasteiger partial charge in [0.2, 0.25) is 0 Å². The first-order valence-corrected chi connectivity index (χ1v) is 18.7. The van der Waals surface area contributed by atoms with Crippen LogP contribution in [0.3, 0.4) is 0 Å². The van der Waals surface area contributed by atoms with Crippen LogP contribution in [0.15, 0.2) is 43.8 Å². The van der Waals surface area contributed by atoms with Gasteiger partial charge >= 0.3 is 0 Å². The fourth-order valence-corrected chi connectivity index (χ4v) is 9.82. The van der Waals surface area contributed by atoms with Crippen LogP contribution in [0, 0.1) is 0 Å². The van der Waals surface area contributed by atoms with Crippen molar-refractivity contribution in [1.29, 1.82) is 0 Å². The number of rotatable bonds is 13. The third-order valence-electron chi connectivity index (χ3n) is 4.67. The molecule has 0 amide bonds. The molecule has 18 heteroatoms. The fourth-order valence-electron chi connectivity index (χ4n) is 3.62. The highest BCUT2D eigenvalue weighted by Gasteiger charge is 2.39. The Bertz CT molecular complexity index is 1510. The van der Waals surface area contributed by atoms with E-state index < -0.39 is 106 Å². The summed E-state index contributed by atoms with van der Waals surface area (Å²) >= 11 is 12.3. The Hall–Kier alpha value is -1.34. The molecular formula is C24H32Cl2O12S4. The van der Waals surface area contributed by atoms with E-state index >= 15 is 0 Å². The molecule has 0 atom stereocenters. The van der Waals surface area contributed by atoms with E-state index in [2.05, 4.69) is 0 Å². The summed E-state index contributed by atoms with van der Waals surface area (Å²) in [4.78, 5) is -3.89. The summed E-state index contributed by atoms with van der Waals surface area (Å²) in [5.41, 5.74) is -1.87. The Morgan fingerprint density at radius 3 is 0.738 bits per heavy atom. The van der Waals surface area contributed by atoms with Crippen molar-refractivity contribution < 1.29 is 50.4 Å². The maximum atomic E-state index is 13.5. The second-order valence-corrected chi connectivity index (χ2v) is 17.0. The highest BCUT2D eigenvalue weighted by Crippen LogP contribution is 2.46. The zero-order valence-corrected chi connectivity index (χ0v) is 28.7. The Balaban J connectivity index is 3.47. The van der Waals surface area contributed by atoms with Crippen molar-refractivity contribution in [3.05, 3.63) is 34.3 Å². The number of halogens is 2. The average Bonchev–Trinajstić information content (AvgIpc) is 2.74. The lowest BCUT2D eigenvalue weighted by Gasteiger charge is -2.23. The van der Waals surface area contributed by atoms with E-state index in [0.29, 0.717) is 0 Å². The van der Waals surface area contributed by atoms with Gasteiger partial charge in [0, 0.05) is 21.2 Å². The zero-order chi connectivity index (χ0) is 32.6. The maximum Gasteiger partial charge on any atom is 0.297 e. The van der Waals surface area contributed by atoms with Crippen molar-refractivity contribution in [1.82, 2.24) is 0 Å². The topological polar surface area (TPSA) is 173 Å². The van der Waals surface area contributed by atoms with E-state index in [-0.39, 0.29) is 0 Å². The van der Waals surface area contributed by atoms with Crippen LogP contribution >= 0.6 is 23.2 Å². The maximum absolute atomic E-state index is 13.5. The summed E-state index contributed by atoms with van der Waals surface area (Å²) < 4.78 is 129. The quantitative estimate of drug-likeness (QED) is 0.252. The third-order valence-corrected chi connectivity index (χ3v) is 11.1. The molecule has 0 aliphatic rings. The standard InChI is InChI=1S/C24H32Cl2O12S4/c1-13(2)35-39(27,28)19-9-17(25)10-20(40(29,30)36-14(3)4)23(19)24-21(41(31,32)37-15(5)6)11-18(26)12-22(24)42(33,34)38-16(7)8/h9-16H,1-8H3. The summed E-state index contributed by atoms with van der Waals surface area (Å²) in [6.45, 7) is 10.9. The average molecular weight is 712 g/mol. The second kappa shape index (κ2) is 13.3. The molecule has 0 aliphatic heterocycles. The van der Waals surface area contributed by atoms with Crippen molar-refractivity contribution in [3.8, 4) is 11.1 Å². The van der Waals surface area contributed by atoms with E-state index in [1.807, 2.05) is 0 Å². The molecule has 42 heavy (non-hydrogen) atoms. The molecule has 238 valence electrons. The lowest BCUT2D eigenvalue weighted by Crippen LogP contribution is -2.21. The molecule has 0 unspecified atom stereocenters. The first-order chi connectivity index (χ1) is 18.9. The molecule has 0 saturated carbocycles. The summed E-state index contributed by atoms with van der Waals surface area (Å²) in [7, 11) is -19.8. The summed E-state index contributed by atoms with van der Waals surface area (Å²) in [5.74, 6) is 0. The summed E-state index contributed by atoms with van der Waals surface area (Å²) in [5, 5.41) is -0.870. The normalized spacial score (nSPS) is 13.6. The van der Waals surface area contributed by atoms with E-state index in [0.717, 1.165) is 24.3 Å². The molecule has 12 nitrogen and oxygen atoms in total. The van der Waals surface area contributed by atoms with Gasteiger partial charge in [-0.1, -0.05) is 23.2 Å². The molecule has 0 N–H and O–H groups in total. The molecule has 2 aromatic rings. The SMILES string of the molecule is CC(C)OS(=O)(=O)c1cc(Cl)cc(S(=O)(=O)OC(C)C)c1-c1c(S(=O)(=O)OC(C)C)cc(Cl)cc1S(=O)(=O)OC(C)C. The van der Waals surface area contributed by atoms with Gasteiger partial charge in [-0.2, -0.15) is 33.7 Å². The van der Waals surface area contributed by atoms with Gasteiger partial charge in [0.05, 0.1) is 24.4 Å². The van der Waals surface area contributed by atoms with E-state index in [9.17, 15) is 33.7 Å². The molecular weight excluding hydrogens is 679 g/mol. The highest BCUT2D eigenvalue weighted by atomic mass is 35.5. The molecule has 0 aromatic heterocycles. The van der Waals surface area contributed by atoms with E-state index in [1.54, 1.807) is 0 Å². The molecule has 0 bridgehead atoms. The molecule has 2 aromatic carbocycles. The molecule has 0 heterocycles. The van der Waals surface area contributed by atoms with Crippen LogP contribution in [0.5, 0.6) is 0 Å². The van der Waals surface area contributed by atoms with Crippen LogP contribution in [-0.2, 0) is 57.2 Å². The van der Waals surface area contributed by atoms with Gasteiger partial charge in [0.15, 0.2) is 0 Å². The Morgan fingerprint density at radius 2 is 0.595 bits per heavy atom. The van der Waals surface area contributed by atoms with Crippen LogP contribution in [0.4, 0.5) is 0 Å². The minimum atomic E-state index is -4.96. The summed E-state index contributed by atoms with van der Waals surface area (Å²) in [6, 6.07) is 3.15. The predicted octanol–water partition coefficient (Wildman–Crippen LogP) is 5.12. The van der Waals surface area contributed by atoms with Crippen molar-refractivity contribution in [2.24, 2.45) is 0 Å². The lowest BCUT2D eigenvalue weighted by atomic mass is 10.1. The third kappa shape index (κ3) is 8.86. The van der Waals surface area contributed by atoms with Gasteiger partial charge in [-0.25, -0.2) is 0 Å². The Morgan fingerprint density at radius 1 is 0.429 bits per heavy atom. The van der Waals surface area contributed by atoms with Crippen LogP contribution in [0.2, 0.25) is 10.0 Å². The van der Waals surface area contributed by atoms with Crippen LogP contribution in [0.25, 0.3) is 11.1 Å². The largest absolute Gasteiger partial charge is 0.297 e. The van der Waals surface area contributed by atoms with Gasteiger partial charge in [-0.15, -0.1) is 0 Å². The predicted molar refractivity (Wildman–Crippen MR) is 156 cm³/mol. The van der Waals surface area contributed by atoms with Crippen molar-refractivity contribution in [2.45, 2.75) is 99.4 Å².